The number of benzene rings is 3. The number of hydrazone groups is 1. The number of hydrogen-bond donors (Lipinski definition) is 1. The summed E-state index contributed by atoms with van der Waals surface area (Å²) in [5.74, 6) is 0.0315. The lowest BCUT2D eigenvalue weighted by atomic mass is 10.2. The highest BCUT2D eigenvalue weighted by molar-refractivity contribution is 7.92. The summed E-state index contributed by atoms with van der Waals surface area (Å²) in [6.45, 7) is 3.25. The average molecular weight is 452 g/mol. The van der Waals surface area contributed by atoms with Gasteiger partial charge in [0.2, 0.25) is 0 Å². The van der Waals surface area contributed by atoms with Crippen LogP contribution in [0.15, 0.2) is 82.8 Å². The second kappa shape index (κ2) is 10.1. The predicted molar refractivity (Wildman–Crippen MR) is 126 cm³/mol. The highest BCUT2D eigenvalue weighted by atomic mass is 32.2. The molecular weight excluding hydrogens is 426 g/mol. The maximum atomic E-state index is 13.4. The van der Waals surface area contributed by atoms with Gasteiger partial charge in [0.25, 0.3) is 15.9 Å². The van der Waals surface area contributed by atoms with Gasteiger partial charge in [0.05, 0.1) is 23.9 Å². The molecule has 0 aliphatic heterocycles. The SMILES string of the molecule is COc1ccccc1/C=N\NC(=O)CN(c1ccccc1C)S(=O)(=O)c1ccc(C)cc1. The fraction of sp³-hybridized carbons (Fsp3) is 0.167. The van der Waals surface area contributed by atoms with Crippen LogP contribution in [0.3, 0.4) is 0 Å². The number of rotatable bonds is 8. The molecule has 166 valence electrons. The molecule has 0 radical (unpaired) electrons. The molecule has 0 aliphatic carbocycles. The molecule has 0 unspecified atom stereocenters. The number of anilines is 1. The molecule has 1 N–H and O–H groups in total. The molecule has 1 amide bonds. The van der Waals surface area contributed by atoms with Crippen molar-refractivity contribution in [1.29, 1.82) is 0 Å². The van der Waals surface area contributed by atoms with E-state index in [4.69, 9.17) is 4.74 Å². The first-order valence-electron chi connectivity index (χ1n) is 9.93. The second-order valence-corrected chi connectivity index (χ2v) is 9.01. The van der Waals surface area contributed by atoms with Crippen LogP contribution in [-0.4, -0.2) is 34.2 Å². The van der Waals surface area contributed by atoms with E-state index in [9.17, 15) is 13.2 Å². The van der Waals surface area contributed by atoms with Gasteiger partial charge in [-0.3, -0.25) is 9.10 Å². The number of nitrogens with zero attached hydrogens (tertiary/aromatic N) is 2. The van der Waals surface area contributed by atoms with Crippen molar-refractivity contribution in [3.63, 3.8) is 0 Å². The van der Waals surface area contributed by atoms with E-state index >= 15 is 0 Å². The van der Waals surface area contributed by atoms with E-state index in [1.165, 1.54) is 18.3 Å². The summed E-state index contributed by atoms with van der Waals surface area (Å²) < 4.78 is 33.2. The lowest BCUT2D eigenvalue weighted by molar-refractivity contribution is -0.119. The van der Waals surface area contributed by atoms with Crippen molar-refractivity contribution in [2.45, 2.75) is 18.7 Å². The van der Waals surface area contributed by atoms with Crippen LogP contribution in [0, 0.1) is 13.8 Å². The topological polar surface area (TPSA) is 88.1 Å². The summed E-state index contributed by atoms with van der Waals surface area (Å²) in [4.78, 5) is 12.8. The molecule has 0 bridgehead atoms. The molecule has 0 atom stereocenters. The van der Waals surface area contributed by atoms with Crippen molar-refractivity contribution in [2.24, 2.45) is 5.10 Å². The first kappa shape index (κ1) is 23.0. The number of para-hydroxylation sites is 2. The van der Waals surface area contributed by atoms with Gasteiger partial charge in [-0.2, -0.15) is 5.10 Å². The number of ether oxygens (including phenoxy) is 1. The molecule has 0 heterocycles. The van der Waals surface area contributed by atoms with Crippen molar-refractivity contribution in [2.75, 3.05) is 18.0 Å². The first-order chi connectivity index (χ1) is 15.3. The highest BCUT2D eigenvalue weighted by Gasteiger charge is 2.28. The fourth-order valence-electron chi connectivity index (χ4n) is 3.09. The second-order valence-electron chi connectivity index (χ2n) is 7.15. The van der Waals surface area contributed by atoms with Gasteiger partial charge in [0.1, 0.15) is 12.3 Å². The Morgan fingerprint density at radius 3 is 2.34 bits per heavy atom. The fourth-order valence-corrected chi connectivity index (χ4v) is 4.58. The Balaban J connectivity index is 1.86. The summed E-state index contributed by atoms with van der Waals surface area (Å²) in [6, 6.07) is 20.7. The van der Waals surface area contributed by atoms with Gasteiger partial charge in [-0.25, -0.2) is 13.8 Å². The van der Waals surface area contributed by atoms with E-state index in [0.29, 0.717) is 17.0 Å². The van der Waals surface area contributed by atoms with Crippen molar-refractivity contribution in [3.05, 3.63) is 89.5 Å². The number of carbonyl (C=O) groups is 1. The van der Waals surface area contributed by atoms with Gasteiger partial charge < -0.3 is 4.74 Å². The van der Waals surface area contributed by atoms with Crippen molar-refractivity contribution in [1.82, 2.24) is 5.43 Å². The Kier molecular flexibility index (Phi) is 7.27. The van der Waals surface area contributed by atoms with Crippen LogP contribution >= 0.6 is 0 Å². The summed E-state index contributed by atoms with van der Waals surface area (Å²) in [7, 11) is -2.43. The number of methoxy groups -OCH3 is 1. The van der Waals surface area contributed by atoms with Gasteiger partial charge >= 0.3 is 0 Å². The third-order valence-electron chi connectivity index (χ3n) is 4.81. The Labute approximate surface area is 188 Å². The van der Waals surface area contributed by atoms with E-state index < -0.39 is 22.5 Å². The van der Waals surface area contributed by atoms with Gasteiger partial charge in [-0.15, -0.1) is 0 Å². The van der Waals surface area contributed by atoms with Crippen molar-refractivity contribution < 1.29 is 17.9 Å². The minimum atomic E-state index is -3.98. The van der Waals surface area contributed by atoms with Gasteiger partial charge in [-0.05, 0) is 49.7 Å². The van der Waals surface area contributed by atoms with E-state index in [-0.39, 0.29) is 4.90 Å². The van der Waals surface area contributed by atoms with Crippen LogP contribution in [0.5, 0.6) is 5.75 Å². The smallest absolute Gasteiger partial charge is 0.264 e. The molecule has 0 fully saturated rings. The van der Waals surface area contributed by atoms with Crippen molar-refractivity contribution in [3.8, 4) is 5.75 Å². The third kappa shape index (κ3) is 5.33. The molecule has 3 rings (SSSR count). The molecule has 32 heavy (non-hydrogen) atoms. The van der Waals surface area contributed by atoms with Crippen LogP contribution in [0.4, 0.5) is 5.69 Å². The lowest BCUT2D eigenvalue weighted by Crippen LogP contribution is -2.40. The quantitative estimate of drug-likeness (QED) is 0.418. The molecule has 0 saturated heterocycles. The number of amides is 1. The normalized spacial score (nSPS) is 11.3. The zero-order chi connectivity index (χ0) is 23.1. The monoisotopic (exact) mass is 451 g/mol. The minimum absolute atomic E-state index is 0.108. The third-order valence-corrected chi connectivity index (χ3v) is 6.59. The number of aryl methyl sites for hydroxylation is 2. The molecule has 8 heteroatoms. The highest BCUT2D eigenvalue weighted by Crippen LogP contribution is 2.26. The van der Waals surface area contributed by atoms with E-state index in [1.54, 1.807) is 56.5 Å². The summed E-state index contributed by atoms with van der Waals surface area (Å²) in [5, 5.41) is 3.96. The summed E-state index contributed by atoms with van der Waals surface area (Å²) in [6.07, 6.45) is 1.45. The number of sulfonamides is 1. The van der Waals surface area contributed by atoms with Crippen LogP contribution < -0.4 is 14.5 Å². The van der Waals surface area contributed by atoms with Crippen molar-refractivity contribution >= 4 is 27.8 Å². The summed E-state index contributed by atoms with van der Waals surface area (Å²) >= 11 is 0. The largest absolute Gasteiger partial charge is 0.496 e. The van der Waals surface area contributed by atoms with E-state index in [1.807, 2.05) is 25.1 Å². The van der Waals surface area contributed by atoms with Crippen LogP contribution in [0.25, 0.3) is 0 Å². The molecule has 0 spiro atoms. The average Bonchev–Trinajstić information content (AvgIpc) is 2.78. The first-order valence-corrected chi connectivity index (χ1v) is 11.4. The molecule has 7 nitrogen and oxygen atoms in total. The zero-order valence-electron chi connectivity index (χ0n) is 18.1. The Morgan fingerprint density at radius 2 is 1.66 bits per heavy atom. The van der Waals surface area contributed by atoms with Crippen LogP contribution in [0.2, 0.25) is 0 Å². The molecule has 0 saturated carbocycles. The molecule has 0 aromatic heterocycles. The minimum Gasteiger partial charge on any atom is -0.496 e. The lowest BCUT2D eigenvalue weighted by Gasteiger charge is -2.25. The van der Waals surface area contributed by atoms with E-state index in [0.717, 1.165) is 15.4 Å². The molecular formula is C24H25N3O4S. The number of nitrogens with one attached hydrogen (secondary N) is 1. The Morgan fingerprint density at radius 1 is 1.00 bits per heavy atom. The van der Waals surface area contributed by atoms with E-state index in [2.05, 4.69) is 10.5 Å². The van der Waals surface area contributed by atoms with Gasteiger partial charge in [0, 0.05) is 5.56 Å². The van der Waals surface area contributed by atoms with Crippen LogP contribution in [-0.2, 0) is 14.8 Å². The standard InChI is InChI=1S/C24H25N3O4S/c1-18-12-14-21(15-13-18)32(29,30)27(22-10-6-4-8-19(22)2)17-24(28)26-25-16-20-9-5-7-11-23(20)31-3/h4-16H,17H2,1-3H3,(H,26,28)/b25-16-. The summed E-state index contributed by atoms with van der Waals surface area (Å²) in [5.41, 5.74) is 5.18. The Bertz CT molecular complexity index is 1220. The number of hydrogen-bond acceptors (Lipinski definition) is 5. The zero-order valence-corrected chi connectivity index (χ0v) is 19.0. The molecule has 3 aromatic carbocycles. The predicted octanol–water partition coefficient (Wildman–Crippen LogP) is 3.66. The molecule has 0 aliphatic rings. The van der Waals surface area contributed by atoms with Crippen LogP contribution in [0.1, 0.15) is 16.7 Å². The number of carbonyl (C=O) groups excluding carboxylic acids is 1. The molecule has 3 aromatic rings. The maximum absolute atomic E-state index is 13.4. The van der Waals surface area contributed by atoms with Gasteiger partial charge in [-0.1, -0.05) is 48.0 Å². The maximum Gasteiger partial charge on any atom is 0.264 e. The Hall–Kier alpha value is -3.65. The van der Waals surface area contributed by atoms with Gasteiger partial charge in [0.15, 0.2) is 0 Å².